The Morgan fingerprint density at radius 3 is 1.89 bits per heavy atom. The molecule has 1 N–H and O–H groups in total. The Labute approximate surface area is 109 Å². The van der Waals surface area contributed by atoms with Gasteiger partial charge in [0.1, 0.15) is 9.85 Å². The van der Waals surface area contributed by atoms with Crippen LogP contribution in [0.5, 0.6) is 0 Å². The highest BCUT2D eigenvalue weighted by Crippen LogP contribution is 2.10. The first kappa shape index (κ1) is 14.8. The van der Waals surface area contributed by atoms with Gasteiger partial charge in [-0.05, 0) is 0 Å². The SMILES string of the molecule is CCc1nnc(CC)n1NCC(C)([N+](=O)[O-])[N+](=O)[O-]. The third-order valence-electron chi connectivity index (χ3n) is 2.79. The molecule has 106 valence electrons. The summed E-state index contributed by atoms with van der Waals surface area (Å²) in [6, 6.07) is 0. The minimum absolute atomic E-state index is 0.453. The normalized spacial score (nSPS) is 11.3. The number of nitrogens with zero attached hydrogens (tertiary/aromatic N) is 5. The summed E-state index contributed by atoms with van der Waals surface area (Å²) in [6.45, 7) is 4.20. The van der Waals surface area contributed by atoms with Crippen LogP contribution in [0.25, 0.3) is 0 Å². The largest absolute Gasteiger partial charge is 0.473 e. The predicted molar refractivity (Wildman–Crippen MR) is 65.4 cm³/mol. The topological polar surface area (TPSA) is 129 Å². The molecular formula is C9H16N6O4. The van der Waals surface area contributed by atoms with E-state index in [2.05, 4.69) is 15.6 Å². The van der Waals surface area contributed by atoms with E-state index >= 15 is 0 Å². The van der Waals surface area contributed by atoms with Crippen molar-refractivity contribution < 1.29 is 9.85 Å². The summed E-state index contributed by atoms with van der Waals surface area (Å²) in [5.74, 6) is 1.15. The lowest BCUT2D eigenvalue weighted by Crippen LogP contribution is -2.50. The number of aryl methyl sites for hydroxylation is 2. The van der Waals surface area contributed by atoms with Crippen LogP contribution in [0.2, 0.25) is 0 Å². The van der Waals surface area contributed by atoms with E-state index in [-0.39, 0.29) is 0 Å². The molecule has 0 atom stereocenters. The molecule has 0 aliphatic carbocycles. The quantitative estimate of drug-likeness (QED) is 0.426. The molecule has 0 unspecified atom stereocenters. The number of nitrogens with one attached hydrogen (secondary N) is 1. The maximum atomic E-state index is 10.8. The standard InChI is InChI=1S/C9H16N6O4/c1-4-7-11-12-8(5-2)13(7)10-6-9(3,14(16)17)15(18)19/h10H,4-6H2,1-3H3. The summed E-state index contributed by atoms with van der Waals surface area (Å²) < 4.78 is 1.48. The molecule has 0 aromatic carbocycles. The van der Waals surface area contributed by atoms with Crippen LogP contribution in [0.3, 0.4) is 0 Å². The van der Waals surface area contributed by atoms with Gasteiger partial charge in [-0.2, -0.15) is 0 Å². The van der Waals surface area contributed by atoms with Gasteiger partial charge in [-0.1, -0.05) is 13.8 Å². The molecule has 0 amide bonds. The van der Waals surface area contributed by atoms with Crippen molar-refractivity contribution in [3.8, 4) is 0 Å². The number of hydrogen-bond donors (Lipinski definition) is 1. The van der Waals surface area contributed by atoms with Gasteiger partial charge in [0.05, 0.1) is 6.92 Å². The van der Waals surface area contributed by atoms with Crippen molar-refractivity contribution in [3.05, 3.63) is 31.9 Å². The van der Waals surface area contributed by atoms with Gasteiger partial charge in [0.15, 0.2) is 18.2 Å². The molecule has 0 aliphatic rings. The Hall–Kier alpha value is -2.26. The molecule has 0 saturated carbocycles. The molecule has 1 heterocycles. The van der Waals surface area contributed by atoms with Gasteiger partial charge in [0.2, 0.25) is 0 Å². The molecule has 1 aromatic heterocycles. The van der Waals surface area contributed by atoms with Crippen LogP contribution in [0.1, 0.15) is 32.4 Å². The zero-order chi connectivity index (χ0) is 14.6. The summed E-state index contributed by atoms with van der Waals surface area (Å²) in [4.78, 5) is 19.8. The van der Waals surface area contributed by atoms with E-state index in [0.29, 0.717) is 24.5 Å². The molecule has 1 rings (SSSR count). The Bertz CT molecular complexity index is 450. The Morgan fingerprint density at radius 1 is 1.16 bits per heavy atom. The lowest BCUT2D eigenvalue weighted by atomic mass is 10.2. The van der Waals surface area contributed by atoms with Gasteiger partial charge in [-0.3, -0.25) is 20.2 Å². The minimum atomic E-state index is -2.29. The van der Waals surface area contributed by atoms with Crippen LogP contribution >= 0.6 is 0 Å². The van der Waals surface area contributed by atoms with Gasteiger partial charge >= 0.3 is 5.66 Å². The molecule has 10 heteroatoms. The number of nitro groups is 2. The highest BCUT2D eigenvalue weighted by molar-refractivity contribution is 4.99. The Balaban J connectivity index is 2.94. The van der Waals surface area contributed by atoms with Crippen LogP contribution in [0.4, 0.5) is 0 Å². The third kappa shape index (κ3) is 2.77. The summed E-state index contributed by atoms with van der Waals surface area (Å²) >= 11 is 0. The second-order valence-corrected chi connectivity index (χ2v) is 4.14. The average Bonchev–Trinajstić information content (AvgIpc) is 2.77. The van der Waals surface area contributed by atoms with Crippen molar-refractivity contribution in [3.63, 3.8) is 0 Å². The van der Waals surface area contributed by atoms with E-state index in [1.54, 1.807) is 0 Å². The lowest BCUT2D eigenvalue weighted by Gasteiger charge is -2.16. The van der Waals surface area contributed by atoms with E-state index in [4.69, 9.17) is 0 Å². The van der Waals surface area contributed by atoms with Crippen molar-refractivity contribution in [1.29, 1.82) is 0 Å². The minimum Gasteiger partial charge on any atom is -0.308 e. The van der Waals surface area contributed by atoms with Gasteiger partial charge < -0.3 is 5.43 Å². The fourth-order valence-corrected chi connectivity index (χ4v) is 1.42. The highest BCUT2D eigenvalue weighted by atomic mass is 16.7. The smallest absolute Gasteiger partial charge is 0.308 e. The fraction of sp³-hybridized carbons (Fsp3) is 0.778. The molecule has 0 saturated heterocycles. The summed E-state index contributed by atoms with van der Waals surface area (Å²) in [7, 11) is 0. The van der Waals surface area contributed by atoms with E-state index in [0.717, 1.165) is 6.92 Å². The molecule has 0 aliphatic heterocycles. The number of aromatic nitrogens is 3. The summed E-state index contributed by atoms with van der Waals surface area (Å²) in [6.07, 6.45) is 1.13. The van der Waals surface area contributed by atoms with Crippen molar-refractivity contribution >= 4 is 0 Å². The number of hydrogen-bond acceptors (Lipinski definition) is 7. The average molecular weight is 272 g/mol. The third-order valence-corrected chi connectivity index (χ3v) is 2.79. The van der Waals surface area contributed by atoms with Crippen molar-refractivity contribution in [2.45, 2.75) is 39.3 Å². The van der Waals surface area contributed by atoms with Gasteiger partial charge in [0.25, 0.3) is 0 Å². The zero-order valence-electron chi connectivity index (χ0n) is 11.0. The van der Waals surface area contributed by atoms with Crippen molar-refractivity contribution in [2.75, 3.05) is 12.0 Å². The van der Waals surface area contributed by atoms with Crippen LogP contribution in [-0.4, -0.2) is 36.9 Å². The van der Waals surface area contributed by atoms with Crippen molar-refractivity contribution in [2.24, 2.45) is 0 Å². The van der Waals surface area contributed by atoms with E-state index in [9.17, 15) is 20.2 Å². The first-order chi connectivity index (χ1) is 8.86. The molecule has 0 spiro atoms. The molecule has 0 fully saturated rings. The fourth-order valence-electron chi connectivity index (χ4n) is 1.42. The van der Waals surface area contributed by atoms with Crippen LogP contribution in [-0.2, 0) is 12.8 Å². The van der Waals surface area contributed by atoms with E-state index in [1.807, 2.05) is 13.8 Å². The van der Waals surface area contributed by atoms with Gasteiger partial charge in [-0.15, -0.1) is 10.2 Å². The molecule has 0 bridgehead atoms. The van der Waals surface area contributed by atoms with Crippen molar-refractivity contribution in [1.82, 2.24) is 14.9 Å². The molecule has 0 radical (unpaired) electrons. The van der Waals surface area contributed by atoms with Gasteiger partial charge in [-0.25, -0.2) is 4.68 Å². The molecule has 10 nitrogen and oxygen atoms in total. The second-order valence-electron chi connectivity index (χ2n) is 4.14. The Morgan fingerprint density at radius 2 is 1.58 bits per heavy atom. The molecular weight excluding hydrogens is 256 g/mol. The lowest BCUT2D eigenvalue weighted by molar-refractivity contribution is -0.787. The van der Waals surface area contributed by atoms with Crippen LogP contribution in [0.15, 0.2) is 0 Å². The predicted octanol–water partition coefficient (Wildman–Crippen LogP) is 0.216. The highest BCUT2D eigenvalue weighted by Gasteiger charge is 2.50. The summed E-state index contributed by atoms with van der Waals surface area (Å²) in [5.41, 5.74) is 0.384. The number of rotatable bonds is 7. The first-order valence-electron chi connectivity index (χ1n) is 5.82. The summed E-state index contributed by atoms with van der Waals surface area (Å²) in [5, 5.41) is 29.4. The van der Waals surface area contributed by atoms with Gasteiger partial charge in [0, 0.05) is 12.8 Å². The van der Waals surface area contributed by atoms with E-state index in [1.165, 1.54) is 4.68 Å². The Kier molecular flexibility index (Phi) is 4.35. The molecule has 19 heavy (non-hydrogen) atoms. The van der Waals surface area contributed by atoms with Crippen LogP contribution in [0, 0.1) is 20.2 Å². The van der Waals surface area contributed by atoms with E-state index < -0.39 is 22.1 Å². The first-order valence-corrected chi connectivity index (χ1v) is 5.82. The molecule has 1 aromatic rings. The second kappa shape index (κ2) is 5.59. The zero-order valence-corrected chi connectivity index (χ0v) is 11.0. The maximum Gasteiger partial charge on any atom is 0.473 e. The maximum absolute atomic E-state index is 10.8. The van der Waals surface area contributed by atoms with Crippen LogP contribution < -0.4 is 5.43 Å². The monoisotopic (exact) mass is 272 g/mol.